The first-order chi connectivity index (χ1) is 2.00. The molecule has 0 heterocycles. The molecule has 0 N–H and O–H groups in total. The summed E-state index contributed by atoms with van der Waals surface area (Å²) in [6.07, 6.45) is 0. The van der Waals surface area contributed by atoms with E-state index in [1.807, 2.05) is 0 Å². The van der Waals surface area contributed by atoms with Gasteiger partial charge in [-0.15, -0.1) is 0 Å². The molecule has 0 aromatic heterocycles. The van der Waals surface area contributed by atoms with Crippen LogP contribution in [0.4, 0.5) is 0 Å². The van der Waals surface area contributed by atoms with E-state index in [4.69, 9.17) is 19.2 Å². The minimum atomic E-state index is -5.61. The standard InChI is InChI=1S/O4Si.Pr.Zr/c1-5(2,3)4;;/q-4;+3;+4. The van der Waals surface area contributed by atoms with Crippen molar-refractivity contribution < 1.29 is 86.7 Å². The quantitative estimate of drug-likeness (QED) is 0.417. The molecule has 32 valence electrons. The first-order valence-electron chi connectivity index (χ1n) is 0.816. The smallest absolute Gasteiger partial charge is 0.894 e. The van der Waals surface area contributed by atoms with Gasteiger partial charge in [0.2, 0.25) is 0 Å². The van der Waals surface area contributed by atoms with Gasteiger partial charge in [0.05, 0.1) is 0 Å². The zero-order valence-corrected chi connectivity index (χ0v) is 10.4. The molecule has 0 aliphatic rings. The summed E-state index contributed by atoms with van der Waals surface area (Å²) in [7, 11) is -5.61. The van der Waals surface area contributed by atoms with Crippen molar-refractivity contribution in [3.05, 3.63) is 0 Å². The maximum absolute atomic E-state index is 8.58. The van der Waals surface area contributed by atoms with E-state index in [1.54, 1.807) is 0 Å². The summed E-state index contributed by atoms with van der Waals surface area (Å²) in [5.41, 5.74) is 0. The molecule has 0 bridgehead atoms. The zero-order chi connectivity index (χ0) is 4.50. The van der Waals surface area contributed by atoms with Crippen molar-refractivity contribution in [3.8, 4) is 0 Å². The molecular formula is O4PrSiZr+3. The first kappa shape index (κ1) is 16.1. The summed E-state index contributed by atoms with van der Waals surface area (Å²) >= 11 is 0. The van der Waals surface area contributed by atoms with E-state index in [2.05, 4.69) is 0 Å². The van der Waals surface area contributed by atoms with Crippen LogP contribution in [0.15, 0.2) is 0 Å². The van der Waals surface area contributed by atoms with Crippen LogP contribution in [0.1, 0.15) is 0 Å². The molecule has 0 spiro atoms. The van der Waals surface area contributed by atoms with Crippen molar-refractivity contribution in [1.29, 1.82) is 0 Å². The third-order valence-corrected chi connectivity index (χ3v) is 0. The van der Waals surface area contributed by atoms with Crippen LogP contribution in [0.25, 0.3) is 0 Å². The number of hydrogen-bond donors (Lipinski definition) is 0. The second-order valence-corrected chi connectivity index (χ2v) is 1.50. The van der Waals surface area contributed by atoms with Crippen molar-refractivity contribution in [2.24, 2.45) is 0 Å². The van der Waals surface area contributed by atoms with Crippen molar-refractivity contribution in [1.82, 2.24) is 0 Å². The predicted octanol–water partition coefficient (Wildman–Crippen LogP) is -5.14. The van der Waals surface area contributed by atoms with Crippen molar-refractivity contribution in [2.45, 2.75) is 0 Å². The Morgan fingerprint density at radius 2 is 0.857 bits per heavy atom. The van der Waals surface area contributed by atoms with E-state index in [1.165, 1.54) is 0 Å². The van der Waals surface area contributed by atoms with Gasteiger partial charge in [-0.1, -0.05) is 0 Å². The molecule has 7 heavy (non-hydrogen) atoms. The van der Waals surface area contributed by atoms with Crippen LogP contribution in [0.3, 0.4) is 0 Å². The summed E-state index contributed by atoms with van der Waals surface area (Å²) in [5, 5.41) is 0. The monoisotopic (exact) mass is 323 g/mol. The van der Waals surface area contributed by atoms with Crippen LogP contribution in [0, 0.1) is 41.3 Å². The molecule has 0 aliphatic carbocycles. The summed E-state index contributed by atoms with van der Waals surface area (Å²) < 4.78 is 0. The zero-order valence-electron chi connectivity index (χ0n) is 3.21. The molecule has 0 rings (SSSR count). The van der Waals surface area contributed by atoms with Crippen LogP contribution >= 0.6 is 0 Å². The maximum atomic E-state index is 8.58. The van der Waals surface area contributed by atoms with Gasteiger partial charge in [0.15, 0.2) is 0 Å². The van der Waals surface area contributed by atoms with Crippen molar-refractivity contribution in [3.63, 3.8) is 0 Å². The van der Waals surface area contributed by atoms with Gasteiger partial charge in [-0.3, -0.25) is 0 Å². The second-order valence-electron chi connectivity index (χ2n) is 0.500. The molecule has 0 unspecified atom stereocenters. The molecule has 4 nitrogen and oxygen atoms in total. The van der Waals surface area contributed by atoms with Gasteiger partial charge >= 0.3 is 67.5 Å². The second kappa shape index (κ2) is 6.42. The van der Waals surface area contributed by atoms with Gasteiger partial charge in [-0.25, -0.2) is 0 Å². The van der Waals surface area contributed by atoms with Crippen LogP contribution in [0.2, 0.25) is 0 Å². The molecule has 0 aliphatic heterocycles. The Bertz CT molecular complexity index is 27.2. The summed E-state index contributed by atoms with van der Waals surface area (Å²) in [6, 6.07) is 0. The summed E-state index contributed by atoms with van der Waals surface area (Å²) in [4.78, 5) is 34.3. The molecule has 0 aromatic rings. The molecule has 0 aromatic carbocycles. The average Bonchev–Trinajstić information content (AvgIpc) is 0.722. The Morgan fingerprint density at radius 3 is 0.857 bits per heavy atom. The third-order valence-electron chi connectivity index (χ3n) is 0. The fraction of sp³-hybridized carbons (Fsp3) is 0. The average molecular weight is 324 g/mol. The van der Waals surface area contributed by atoms with Gasteiger partial charge in [0.1, 0.15) is 0 Å². The van der Waals surface area contributed by atoms with Gasteiger partial charge < -0.3 is 28.2 Å². The minimum absolute atomic E-state index is 0. The Labute approximate surface area is 94.1 Å². The Hall–Kier alpha value is 2.30. The van der Waals surface area contributed by atoms with E-state index < -0.39 is 9.05 Å². The van der Waals surface area contributed by atoms with E-state index in [0.717, 1.165) is 0 Å². The van der Waals surface area contributed by atoms with E-state index in [-0.39, 0.29) is 67.5 Å². The predicted molar refractivity (Wildman–Crippen MR) is 5.75 cm³/mol. The largest absolute Gasteiger partial charge is 4.00 e. The number of rotatable bonds is 0. The van der Waals surface area contributed by atoms with Gasteiger partial charge in [-0.05, 0) is 0 Å². The maximum Gasteiger partial charge on any atom is 4.00 e. The SMILES string of the molecule is [O-][Si]([O-])([O-])[O-].[Pr+3].[Zr+4]. The van der Waals surface area contributed by atoms with E-state index >= 15 is 0 Å². The van der Waals surface area contributed by atoms with Crippen LogP contribution in [0.5, 0.6) is 0 Å². The Morgan fingerprint density at radius 1 is 0.857 bits per heavy atom. The van der Waals surface area contributed by atoms with Crippen molar-refractivity contribution >= 4 is 9.05 Å². The molecule has 0 radical (unpaired) electrons. The van der Waals surface area contributed by atoms with Gasteiger partial charge in [0, 0.05) is 0 Å². The Balaban J connectivity index is -0.0000000800. The van der Waals surface area contributed by atoms with Crippen LogP contribution in [-0.4, -0.2) is 9.05 Å². The first-order valence-corrected chi connectivity index (χ1v) is 2.45. The van der Waals surface area contributed by atoms with Crippen LogP contribution < -0.4 is 19.2 Å². The molecule has 0 amide bonds. The normalized spacial score (nSPS) is 8.57. The third kappa shape index (κ3) is 62.2. The minimum Gasteiger partial charge on any atom is -0.894 e. The fourth-order valence-corrected chi connectivity index (χ4v) is 0. The fourth-order valence-electron chi connectivity index (χ4n) is 0. The van der Waals surface area contributed by atoms with Crippen LogP contribution in [-0.2, 0) is 26.2 Å². The van der Waals surface area contributed by atoms with E-state index in [0.29, 0.717) is 0 Å². The molecular weight excluding hydrogens is 324 g/mol. The molecule has 0 atom stereocenters. The molecule has 0 fully saturated rings. The Kier molecular flexibility index (Phi) is 14.8. The van der Waals surface area contributed by atoms with E-state index in [9.17, 15) is 0 Å². The van der Waals surface area contributed by atoms with Gasteiger partial charge in [0.25, 0.3) is 0 Å². The molecule has 0 saturated carbocycles. The molecule has 0 saturated heterocycles. The summed E-state index contributed by atoms with van der Waals surface area (Å²) in [6.45, 7) is 0. The van der Waals surface area contributed by atoms with Gasteiger partial charge in [-0.2, -0.15) is 0 Å². The van der Waals surface area contributed by atoms with Crippen molar-refractivity contribution in [2.75, 3.05) is 0 Å². The topological polar surface area (TPSA) is 92.2 Å². The summed E-state index contributed by atoms with van der Waals surface area (Å²) in [5.74, 6) is 0. The number of hydrogen-bond acceptors (Lipinski definition) is 4. The molecule has 7 heteroatoms.